The molecular weight excluding hydrogens is 338 g/mol. The van der Waals surface area contributed by atoms with E-state index in [4.69, 9.17) is 0 Å². The summed E-state index contributed by atoms with van der Waals surface area (Å²) in [5, 5.41) is 5.52. The number of hydrogen-bond donors (Lipinski definition) is 1. The van der Waals surface area contributed by atoms with Crippen LogP contribution in [0.4, 0.5) is 5.69 Å². The molecule has 1 heterocycles. The van der Waals surface area contributed by atoms with Gasteiger partial charge in [0.1, 0.15) is 0 Å². The minimum absolute atomic E-state index is 0.865. The molecule has 0 bridgehead atoms. The summed E-state index contributed by atoms with van der Waals surface area (Å²) in [5.74, 6) is 0. The highest BCUT2D eigenvalue weighted by molar-refractivity contribution is 9.11. The van der Waals surface area contributed by atoms with E-state index in [1.54, 1.807) is 11.3 Å². The lowest BCUT2D eigenvalue weighted by molar-refractivity contribution is 1.16. The second-order valence-corrected chi connectivity index (χ2v) is 6.33. The quantitative estimate of drug-likeness (QED) is 0.834. The number of nitrogens with one attached hydrogen (secondary N) is 1. The van der Waals surface area contributed by atoms with Gasteiger partial charge in [-0.25, -0.2) is 0 Å². The summed E-state index contributed by atoms with van der Waals surface area (Å²) < 4.78 is 2.28. The van der Waals surface area contributed by atoms with Crippen LogP contribution in [-0.2, 0) is 6.54 Å². The van der Waals surface area contributed by atoms with Gasteiger partial charge in [0.25, 0.3) is 0 Å². The molecule has 0 saturated carbocycles. The van der Waals surface area contributed by atoms with Crippen molar-refractivity contribution in [2.45, 2.75) is 6.54 Å². The Labute approximate surface area is 110 Å². The van der Waals surface area contributed by atoms with Gasteiger partial charge < -0.3 is 5.32 Å². The summed E-state index contributed by atoms with van der Waals surface area (Å²) in [5.41, 5.74) is 2.44. The Kier molecular flexibility index (Phi) is 3.83. The van der Waals surface area contributed by atoms with Gasteiger partial charge in [-0.3, -0.25) is 0 Å². The summed E-state index contributed by atoms with van der Waals surface area (Å²) in [7, 11) is 0. The summed E-state index contributed by atoms with van der Waals surface area (Å²) in [6, 6.07) is 10.3. The first kappa shape index (κ1) is 11.2. The molecule has 0 radical (unpaired) electrons. The van der Waals surface area contributed by atoms with Gasteiger partial charge in [-0.05, 0) is 57.2 Å². The van der Waals surface area contributed by atoms with Gasteiger partial charge in [-0.15, -0.1) is 11.3 Å². The van der Waals surface area contributed by atoms with Gasteiger partial charge in [0.2, 0.25) is 0 Å². The average molecular weight is 347 g/mol. The summed E-state index contributed by atoms with van der Waals surface area (Å²) in [4.78, 5) is 0. The van der Waals surface area contributed by atoms with E-state index in [0.717, 1.165) is 16.7 Å². The Hall–Kier alpha value is -0.320. The Balaban J connectivity index is 1.96. The number of anilines is 1. The molecule has 0 unspecified atom stereocenters. The van der Waals surface area contributed by atoms with E-state index in [-0.39, 0.29) is 0 Å². The van der Waals surface area contributed by atoms with Crippen molar-refractivity contribution in [2.24, 2.45) is 0 Å². The fourth-order valence-corrected chi connectivity index (χ4v) is 2.68. The zero-order valence-corrected chi connectivity index (χ0v) is 11.8. The highest BCUT2D eigenvalue weighted by Crippen LogP contribution is 2.21. The molecule has 78 valence electrons. The van der Waals surface area contributed by atoms with Crippen molar-refractivity contribution in [2.75, 3.05) is 5.32 Å². The molecule has 0 saturated heterocycles. The van der Waals surface area contributed by atoms with E-state index < -0.39 is 0 Å². The molecular formula is C11H9Br2NS. The first-order chi connectivity index (χ1) is 7.24. The summed E-state index contributed by atoms with van der Waals surface area (Å²) in [6.07, 6.45) is 0. The summed E-state index contributed by atoms with van der Waals surface area (Å²) >= 11 is 8.58. The molecule has 2 aromatic rings. The van der Waals surface area contributed by atoms with Crippen molar-refractivity contribution >= 4 is 48.9 Å². The number of hydrogen-bond acceptors (Lipinski definition) is 2. The maximum atomic E-state index is 3.45. The second kappa shape index (κ2) is 5.14. The van der Waals surface area contributed by atoms with Crippen LogP contribution in [0.25, 0.3) is 0 Å². The van der Waals surface area contributed by atoms with Crippen LogP contribution in [0.1, 0.15) is 5.56 Å². The number of benzene rings is 1. The van der Waals surface area contributed by atoms with Crippen molar-refractivity contribution in [3.63, 3.8) is 0 Å². The lowest BCUT2D eigenvalue weighted by Gasteiger charge is -2.04. The first-order valence-electron chi connectivity index (χ1n) is 4.46. The van der Waals surface area contributed by atoms with Crippen LogP contribution in [0.15, 0.2) is 44.0 Å². The molecule has 0 aliphatic rings. The van der Waals surface area contributed by atoms with Crippen molar-refractivity contribution in [1.82, 2.24) is 0 Å². The Morgan fingerprint density at radius 3 is 2.47 bits per heavy atom. The largest absolute Gasteiger partial charge is 0.381 e. The molecule has 0 atom stereocenters. The molecule has 1 aromatic carbocycles. The van der Waals surface area contributed by atoms with Crippen molar-refractivity contribution in [3.05, 3.63) is 49.5 Å². The lowest BCUT2D eigenvalue weighted by Crippen LogP contribution is -1.97. The molecule has 0 aliphatic carbocycles. The van der Waals surface area contributed by atoms with Crippen LogP contribution in [0.2, 0.25) is 0 Å². The van der Waals surface area contributed by atoms with Gasteiger partial charge in [-0.1, -0.05) is 15.9 Å². The molecule has 1 N–H and O–H groups in total. The molecule has 0 fully saturated rings. The maximum Gasteiger partial charge on any atom is 0.0701 e. The number of halogens is 2. The SMILES string of the molecule is Brc1ccc(NCc2csc(Br)c2)cc1. The van der Waals surface area contributed by atoms with E-state index >= 15 is 0 Å². The van der Waals surface area contributed by atoms with Gasteiger partial charge in [-0.2, -0.15) is 0 Å². The third-order valence-corrected chi connectivity index (χ3v) is 4.04. The minimum Gasteiger partial charge on any atom is -0.381 e. The van der Waals surface area contributed by atoms with Gasteiger partial charge in [0, 0.05) is 16.7 Å². The number of thiophene rings is 1. The van der Waals surface area contributed by atoms with Crippen LogP contribution in [-0.4, -0.2) is 0 Å². The Morgan fingerprint density at radius 1 is 1.13 bits per heavy atom. The molecule has 15 heavy (non-hydrogen) atoms. The van der Waals surface area contributed by atoms with Crippen LogP contribution >= 0.6 is 43.2 Å². The zero-order valence-electron chi connectivity index (χ0n) is 7.84. The molecule has 0 aliphatic heterocycles. The monoisotopic (exact) mass is 345 g/mol. The molecule has 0 amide bonds. The van der Waals surface area contributed by atoms with Crippen molar-refractivity contribution in [3.8, 4) is 0 Å². The van der Waals surface area contributed by atoms with E-state index in [9.17, 15) is 0 Å². The molecule has 2 rings (SSSR count). The topological polar surface area (TPSA) is 12.0 Å². The zero-order chi connectivity index (χ0) is 10.7. The van der Waals surface area contributed by atoms with Crippen LogP contribution in [0.3, 0.4) is 0 Å². The molecule has 4 heteroatoms. The normalized spacial score (nSPS) is 10.3. The van der Waals surface area contributed by atoms with Crippen LogP contribution in [0.5, 0.6) is 0 Å². The molecule has 1 aromatic heterocycles. The molecule has 0 spiro atoms. The fraction of sp³-hybridized carbons (Fsp3) is 0.0909. The standard InChI is InChI=1S/C11H9Br2NS/c12-9-1-3-10(4-2-9)14-6-8-5-11(13)15-7-8/h1-5,7,14H,6H2. The highest BCUT2D eigenvalue weighted by atomic mass is 79.9. The van der Waals surface area contributed by atoms with Gasteiger partial charge >= 0.3 is 0 Å². The molecule has 1 nitrogen and oxygen atoms in total. The first-order valence-corrected chi connectivity index (χ1v) is 6.93. The van der Waals surface area contributed by atoms with Crippen molar-refractivity contribution in [1.29, 1.82) is 0 Å². The Bertz CT molecular complexity index is 436. The lowest BCUT2D eigenvalue weighted by atomic mass is 10.3. The predicted octanol–water partition coefficient (Wildman–Crippen LogP) is 4.89. The van der Waals surface area contributed by atoms with Crippen LogP contribution < -0.4 is 5.32 Å². The van der Waals surface area contributed by atoms with E-state index in [0.29, 0.717) is 0 Å². The van der Waals surface area contributed by atoms with Crippen LogP contribution in [0, 0.1) is 0 Å². The van der Waals surface area contributed by atoms with E-state index in [2.05, 4.69) is 60.8 Å². The predicted molar refractivity (Wildman–Crippen MR) is 73.5 cm³/mol. The third kappa shape index (κ3) is 3.33. The summed E-state index contributed by atoms with van der Waals surface area (Å²) in [6.45, 7) is 0.865. The maximum absolute atomic E-state index is 3.45. The van der Waals surface area contributed by atoms with Gasteiger partial charge in [0.05, 0.1) is 3.79 Å². The average Bonchev–Trinajstić information content (AvgIpc) is 2.64. The minimum atomic E-state index is 0.865. The third-order valence-electron chi connectivity index (χ3n) is 1.96. The Morgan fingerprint density at radius 2 is 1.87 bits per heavy atom. The van der Waals surface area contributed by atoms with Gasteiger partial charge in [0.15, 0.2) is 0 Å². The van der Waals surface area contributed by atoms with E-state index in [1.165, 1.54) is 9.35 Å². The second-order valence-electron chi connectivity index (χ2n) is 3.12. The smallest absolute Gasteiger partial charge is 0.0701 e. The highest BCUT2D eigenvalue weighted by Gasteiger charge is 1.97. The van der Waals surface area contributed by atoms with E-state index in [1.807, 2.05) is 12.1 Å². The van der Waals surface area contributed by atoms with Crippen molar-refractivity contribution < 1.29 is 0 Å². The fourth-order valence-electron chi connectivity index (χ4n) is 1.21. The number of rotatable bonds is 3.